The van der Waals surface area contributed by atoms with Crippen LogP contribution in [0, 0.1) is 6.92 Å². The molecule has 0 atom stereocenters. The molecule has 0 aliphatic heterocycles. The van der Waals surface area contributed by atoms with Gasteiger partial charge in [-0.3, -0.25) is 4.79 Å². The van der Waals surface area contributed by atoms with Crippen molar-refractivity contribution in [2.45, 2.75) is 18.0 Å². The molecular weight excluding hydrogens is 311 g/mol. The summed E-state index contributed by atoms with van der Waals surface area (Å²) in [6, 6.07) is 4.11. The van der Waals surface area contributed by atoms with Crippen LogP contribution in [0.4, 0.5) is 18.9 Å². The highest BCUT2D eigenvalue weighted by Crippen LogP contribution is 2.20. The van der Waals surface area contributed by atoms with Crippen molar-refractivity contribution in [2.75, 3.05) is 24.8 Å². The zero-order valence-corrected chi connectivity index (χ0v) is 12.1. The maximum Gasteiger partial charge on any atom is 0.411 e. The van der Waals surface area contributed by atoms with E-state index in [-0.39, 0.29) is 10.6 Å². The molecule has 0 saturated carbocycles. The normalized spacial score (nSPS) is 12.2. The monoisotopic (exact) mass is 325 g/mol. The van der Waals surface area contributed by atoms with Crippen molar-refractivity contribution in [1.82, 2.24) is 0 Å². The van der Waals surface area contributed by atoms with Gasteiger partial charge in [-0.25, -0.2) is 8.42 Å². The Morgan fingerprint density at radius 1 is 1.33 bits per heavy atom. The molecule has 1 aromatic rings. The summed E-state index contributed by atoms with van der Waals surface area (Å²) in [6.45, 7) is -0.678. The van der Waals surface area contributed by atoms with Gasteiger partial charge in [-0.2, -0.15) is 13.2 Å². The lowest BCUT2D eigenvalue weighted by molar-refractivity contribution is -0.174. The van der Waals surface area contributed by atoms with E-state index in [1.165, 1.54) is 18.2 Å². The summed E-state index contributed by atoms with van der Waals surface area (Å²) in [6.07, 6.45) is -3.50. The van der Waals surface area contributed by atoms with Gasteiger partial charge in [0.1, 0.15) is 13.2 Å². The smallest absolute Gasteiger partial charge is 0.362 e. The van der Waals surface area contributed by atoms with Gasteiger partial charge in [0.15, 0.2) is 9.84 Å². The van der Waals surface area contributed by atoms with Crippen molar-refractivity contribution in [1.29, 1.82) is 0 Å². The van der Waals surface area contributed by atoms with Crippen molar-refractivity contribution in [3.05, 3.63) is 23.8 Å². The van der Waals surface area contributed by atoms with E-state index in [9.17, 15) is 26.4 Å². The first-order chi connectivity index (χ1) is 9.49. The Balaban J connectivity index is 2.72. The number of hydrogen-bond acceptors (Lipinski definition) is 4. The molecule has 5 nitrogen and oxygen atoms in total. The van der Waals surface area contributed by atoms with Crippen LogP contribution in [-0.2, 0) is 19.4 Å². The van der Waals surface area contributed by atoms with Gasteiger partial charge in [0, 0.05) is 11.9 Å². The summed E-state index contributed by atoms with van der Waals surface area (Å²) < 4.78 is 62.6. The number of benzene rings is 1. The summed E-state index contributed by atoms with van der Waals surface area (Å²) >= 11 is 0. The predicted octanol–water partition coefficient (Wildman–Crippen LogP) is 1.92. The lowest BCUT2D eigenvalue weighted by Crippen LogP contribution is -2.24. The van der Waals surface area contributed by atoms with Crippen LogP contribution < -0.4 is 5.32 Å². The van der Waals surface area contributed by atoms with Crippen LogP contribution in [0.3, 0.4) is 0 Å². The summed E-state index contributed by atoms with van der Waals surface area (Å²) in [5.74, 6) is -0.798. The van der Waals surface area contributed by atoms with E-state index in [2.05, 4.69) is 10.1 Å². The summed E-state index contributed by atoms with van der Waals surface area (Å²) in [4.78, 5) is 11.5. The van der Waals surface area contributed by atoms with Gasteiger partial charge < -0.3 is 10.1 Å². The van der Waals surface area contributed by atoms with Gasteiger partial charge in [-0.15, -0.1) is 0 Å². The Labute approximate surface area is 120 Å². The highest BCUT2D eigenvalue weighted by Gasteiger charge is 2.27. The summed E-state index contributed by atoms with van der Waals surface area (Å²) in [7, 11) is -3.45. The minimum Gasteiger partial charge on any atom is -0.362 e. The van der Waals surface area contributed by atoms with Gasteiger partial charge in [-0.05, 0) is 24.6 Å². The molecule has 0 aromatic heterocycles. The van der Waals surface area contributed by atoms with Gasteiger partial charge in [-0.1, -0.05) is 6.07 Å². The van der Waals surface area contributed by atoms with E-state index in [1.807, 2.05) is 0 Å². The minimum absolute atomic E-state index is 0.000361. The molecule has 0 heterocycles. The number of aryl methyl sites for hydroxylation is 1. The summed E-state index contributed by atoms with van der Waals surface area (Å²) in [5, 5.41) is 2.31. The van der Waals surface area contributed by atoms with Crippen LogP contribution in [0.25, 0.3) is 0 Å². The van der Waals surface area contributed by atoms with Crippen LogP contribution >= 0.6 is 0 Å². The topological polar surface area (TPSA) is 72.5 Å². The first-order valence-electron chi connectivity index (χ1n) is 5.74. The number of halogens is 3. The van der Waals surface area contributed by atoms with Gasteiger partial charge in [0.05, 0.1) is 4.90 Å². The van der Waals surface area contributed by atoms with E-state index in [4.69, 9.17) is 0 Å². The molecule has 118 valence electrons. The SMILES string of the molecule is Cc1ccc(S(C)(=O)=O)cc1NC(=O)COCC(F)(F)F. The van der Waals surface area contributed by atoms with E-state index < -0.39 is 35.1 Å². The molecule has 0 aliphatic carbocycles. The number of rotatable bonds is 5. The fourth-order valence-corrected chi connectivity index (χ4v) is 2.06. The number of hydrogen-bond donors (Lipinski definition) is 1. The molecule has 1 N–H and O–H groups in total. The number of carbonyl (C=O) groups is 1. The number of anilines is 1. The Hall–Kier alpha value is -1.61. The number of ether oxygens (including phenoxy) is 1. The molecule has 0 unspecified atom stereocenters. The van der Waals surface area contributed by atoms with Gasteiger partial charge in [0.25, 0.3) is 0 Å². The molecule has 1 aromatic carbocycles. The fraction of sp³-hybridized carbons (Fsp3) is 0.417. The van der Waals surface area contributed by atoms with Gasteiger partial charge in [0.2, 0.25) is 5.91 Å². The quantitative estimate of drug-likeness (QED) is 0.898. The fourth-order valence-electron chi connectivity index (χ4n) is 1.41. The van der Waals surface area contributed by atoms with Crippen molar-refractivity contribution in [3.8, 4) is 0 Å². The molecule has 0 radical (unpaired) electrons. The predicted molar refractivity (Wildman–Crippen MR) is 69.8 cm³/mol. The maximum atomic E-state index is 11.9. The second-order valence-electron chi connectivity index (χ2n) is 4.41. The first kappa shape index (κ1) is 17.4. The maximum absolute atomic E-state index is 11.9. The van der Waals surface area contributed by atoms with Gasteiger partial charge >= 0.3 is 6.18 Å². The molecule has 0 saturated heterocycles. The Bertz CT molecular complexity index is 626. The number of nitrogens with one attached hydrogen (secondary N) is 1. The molecule has 21 heavy (non-hydrogen) atoms. The minimum atomic E-state index is -4.51. The third-order valence-electron chi connectivity index (χ3n) is 2.41. The third kappa shape index (κ3) is 6.13. The van der Waals surface area contributed by atoms with Crippen LogP contribution in [-0.4, -0.2) is 40.0 Å². The lowest BCUT2D eigenvalue weighted by Gasteiger charge is -2.11. The molecule has 9 heteroatoms. The average molecular weight is 325 g/mol. The van der Waals surface area contributed by atoms with E-state index in [0.29, 0.717) is 5.56 Å². The van der Waals surface area contributed by atoms with Crippen molar-refractivity contribution < 1.29 is 31.1 Å². The molecule has 1 amide bonds. The van der Waals surface area contributed by atoms with Crippen LogP contribution in [0.2, 0.25) is 0 Å². The molecule has 0 aliphatic rings. The number of amides is 1. The van der Waals surface area contributed by atoms with E-state index in [0.717, 1.165) is 6.26 Å². The third-order valence-corrected chi connectivity index (χ3v) is 3.52. The Kier molecular flexibility index (Phi) is 5.35. The van der Waals surface area contributed by atoms with Crippen LogP contribution in [0.5, 0.6) is 0 Å². The largest absolute Gasteiger partial charge is 0.411 e. The molecular formula is C12H14F3NO4S. The van der Waals surface area contributed by atoms with E-state index in [1.54, 1.807) is 6.92 Å². The number of alkyl halides is 3. The lowest BCUT2D eigenvalue weighted by atomic mass is 10.2. The molecule has 1 rings (SSSR count). The van der Waals surface area contributed by atoms with Crippen LogP contribution in [0.15, 0.2) is 23.1 Å². The second kappa shape index (κ2) is 6.44. The number of carbonyl (C=O) groups excluding carboxylic acids is 1. The van der Waals surface area contributed by atoms with Crippen molar-refractivity contribution in [3.63, 3.8) is 0 Å². The van der Waals surface area contributed by atoms with E-state index >= 15 is 0 Å². The first-order valence-corrected chi connectivity index (χ1v) is 7.63. The Morgan fingerprint density at radius 2 is 1.95 bits per heavy atom. The van der Waals surface area contributed by atoms with Crippen molar-refractivity contribution >= 4 is 21.4 Å². The van der Waals surface area contributed by atoms with Crippen molar-refractivity contribution in [2.24, 2.45) is 0 Å². The van der Waals surface area contributed by atoms with Crippen LogP contribution in [0.1, 0.15) is 5.56 Å². The highest BCUT2D eigenvalue weighted by atomic mass is 32.2. The zero-order chi connectivity index (χ0) is 16.3. The number of sulfone groups is 1. The highest BCUT2D eigenvalue weighted by molar-refractivity contribution is 7.90. The molecule has 0 bridgehead atoms. The second-order valence-corrected chi connectivity index (χ2v) is 6.42. The summed E-state index contributed by atoms with van der Waals surface area (Å²) in [5.41, 5.74) is 0.783. The zero-order valence-electron chi connectivity index (χ0n) is 11.3. The Morgan fingerprint density at radius 3 is 2.48 bits per heavy atom. The average Bonchev–Trinajstić information content (AvgIpc) is 2.28. The molecule has 0 fully saturated rings. The standard InChI is InChI=1S/C12H14F3NO4S/c1-8-3-4-9(21(2,18)19)5-10(8)16-11(17)6-20-7-12(13,14)15/h3-5H,6-7H2,1-2H3,(H,16,17). The molecule has 0 spiro atoms.